The van der Waals surface area contributed by atoms with E-state index in [-0.39, 0.29) is 17.9 Å². The molecule has 2 aliphatic rings. The number of piperazine rings is 1. The van der Waals surface area contributed by atoms with Gasteiger partial charge in [0.15, 0.2) is 0 Å². The van der Waals surface area contributed by atoms with Gasteiger partial charge in [0.1, 0.15) is 0 Å². The van der Waals surface area contributed by atoms with E-state index in [1.807, 2.05) is 4.90 Å². The van der Waals surface area contributed by atoms with Crippen molar-refractivity contribution in [3.63, 3.8) is 0 Å². The van der Waals surface area contributed by atoms with Gasteiger partial charge in [-0.25, -0.2) is 0 Å². The highest BCUT2D eigenvalue weighted by Gasteiger charge is 2.36. The molecule has 2 aliphatic heterocycles. The van der Waals surface area contributed by atoms with Crippen LogP contribution in [0.1, 0.15) is 13.3 Å². The van der Waals surface area contributed by atoms with Crippen LogP contribution in [-0.4, -0.2) is 74.7 Å². The smallest absolute Gasteiger partial charge is 0.229 e. The molecule has 2 unspecified atom stereocenters. The average molecular weight is 255 g/mol. The van der Waals surface area contributed by atoms with E-state index in [0.29, 0.717) is 13.2 Å². The van der Waals surface area contributed by atoms with Crippen molar-refractivity contribution in [2.24, 2.45) is 5.92 Å². The van der Waals surface area contributed by atoms with Gasteiger partial charge in [-0.3, -0.25) is 4.79 Å². The van der Waals surface area contributed by atoms with Crippen molar-refractivity contribution in [2.45, 2.75) is 19.4 Å². The SMILES string of the molecule is CCCNC1COCC1C(=O)N1CCN(C)CC1. The van der Waals surface area contributed by atoms with Gasteiger partial charge in [-0.1, -0.05) is 6.92 Å². The standard InChI is InChI=1S/C13H25N3O2/c1-3-4-14-12-10-18-9-11(12)13(17)16-7-5-15(2)6-8-16/h11-12,14H,3-10H2,1-2H3. The second-order valence-electron chi connectivity index (χ2n) is 5.33. The highest BCUT2D eigenvalue weighted by atomic mass is 16.5. The number of hydrogen-bond donors (Lipinski definition) is 1. The number of carbonyl (C=O) groups excluding carboxylic acids is 1. The van der Waals surface area contributed by atoms with E-state index in [1.165, 1.54) is 0 Å². The molecule has 0 aliphatic carbocycles. The van der Waals surface area contributed by atoms with Gasteiger partial charge in [-0.05, 0) is 20.0 Å². The maximum absolute atomic E-state index is 12.5. The molecular weight excluding hydrogens is 230 g/mol. The number of rotatable bonds is 4. The van der Waals surface area contributed by atoms with Crippen LogP contribution >= 0.6 is 0 Å². The molecule has 2 saturated heterocycles. The summed E-state index contributed by atoms with van der Waals surface area (Å²) in [7, 11) is 2.10. The van der Waals surface area contributed by atoms with E-state index in [9.17, 15) is 4.79 Å². The van der Waals surface area contributed by atoms with Crippen LogP contribution < -0.4 is 5.32 Å². The Bertz CT molecular complexity index is 277. The van der Waals surface area contributed by atoms with E-state index in [0.717, 1.165) is 39.1 Å². The second kappa shape index (κ2) is 6.50. The maximum atomic E-state index is 12.5. The van der Waals surface area contributed by atoms with E-state index >= 15 is 0 Å². The molecule has 0 aromatic heterocycles. The fourth-order valence-corrected chi connectivity index (χ4v) is 2.59. The van der Waals surface area contributed by atoms with Crippen molar-refractivity contribution in [1.29, 1.82) is 0 Å². The summed E-state index contributed by atoms with van der Waals surface area (Å²) >= 11 is 0. The lowest BCUT2D eigenvalue weighted by Gasteiger charge is -2.34. The van der Waals surface area contributed by atoms with Gasteiger partial charge < -0.3 is 19.9 Å². The number of amides is 1. The predicted molar refractivity (Wildman–Crippen MR) is 70.5 cm³/mol. The summed E-state index contributed by atoms with van der Waals surface area (Å²) in [5, 5.41) is 3.43. The van der Waals surface area contributed by atoms with E-state index < -0.39 is 0 Å². The highest BCUT2D eigenvalue weighted by molar-refractivity contribution is 5.80. The summed E-state index contributed by atoms with van der Waals surface area (Å²) in [4.78, 5) is 16.7. The lowest BCUT2D eigenvalue weighted by Crippen LogP contribution is -2.52. The average Bonchev–Trinajstić information content (AvgIpc) is 2.84. The molecule has 18 heavy (non-hydrogen) atoms. The lowest BCUT2D eigenvalue weighted by atomic mass is 10.0. The third-order valence-electron chi connectivity index (χ3n) is 3.87. The van der Waals surface area contributed by atoms with Crippen molar-refractivity contribution >= 4 is 5.91 Å². The Balaban J connectivity index is 1.87. The number of nitrogens with one attached hydrogen (secondary N) is 1. The van der Waals surface area contributed by atoms with Crippen molar-refractivity contribution < 1.29 is 9.53 Å². The number of nitrogens with zero attached hydrogens (tertiary/aromatic N) is 2. The van der Waals surface area contributed by atoms with Gasteiger partial charge in [0.25, 0.3) is 0 Å². The molecule has 104 valence electrons. The summed E-state index contributed by atoms with van der Waals surface area (Å²) in [6, 6.07) is 0.206. The molecule has 2 heterocycles. The van der Waals surface area contributed by atoms with Crippen LogP contribution in [-0.2, 0) is 9.53 Å². The molecule has 5 heteroatoms. The Morgan fingerprint density at radius 1 is 1.28 bits per heavy atom. The normalized spacial score (nSPS) is 29.8. The first-order valence-corrected chi connectivity index (χ1v) is 7.01. The number of carbonyl (C=O) groups is 1. The predicted octanol–water partition coefficient (Wildman–Crippen LogP) is -0.225. The van der Waals surface area contributed by atoms with Gasteiger partial charge in [0, 0.05) is 32.2 Å². The minimum absolute atomic E-state index is 0.0138. The van der Waals surface area contributed by atoms with E-state index in [4.69, 9.17) is 4.74 Å². The molecule has 2 rings (SSSR count). The summed E-state index contributed by atoms with van der Waals surface area (Å²) in [6.45, 7) is 8.01. The Morgan fingerprint density at radius 3 is 2.67 bits per heavy atom. The molecule has 0 aromatic carbocycles. The van der Waals surface area contributed by atoms with Crippen LogP contribution in [0.3, 0.4) is 0 Å². The van der Waals surface area contributed by atoms with E-state index in [1.54, 1.807) is 0 Å². The van der Waals surface area contributed by atoms with Crippen LogP contribution in [0.15, 0.2) is 0 Å². The minimum atomic E-state index is 0.0138. The molecule has 5 nitrogen and oxygen atoms in total. The Labute approximate surface area is 109 Å². The van der Waals surface area contributed by atoms with Crippen LogP contribution in [0.2, 0.25) is 0 Å². The van der Waals surface area contributed by atoms with Crippen LogP contribution in [0.25, 0.3) is 0 Å². The molecular formula is C13H25N3O2. The number of likely N-dealkylation sites (N-methyl/N-ethyl adjacent to an activating group) is 1. The molecule has 0 radical (unpaired) electrons. The van der Waals surface area contributed by atoms with Crippen molar-refractivity contribution in [3.8, 4) is 0 Å². The van der Waals surface area contributed by atoms with Gasteiger partial charge in [0.05, 0.1) is 19.1 Å². The number of ether oxygens (including phenoxy) is 1. The fourth-order valence-electron chi connectivity index (χ4n) is 2.59. The Morgan fingerprint density at radius 2 is 2.00 bits per heavy atom. The summed E-state index contributed by atoms with van der Waals surface area (Å²) in [5.74, 6) is 0.286. The molecule has 1 amide bonds. The molecule has 2 atom stereocenters. The monoisotopic (exact) mass is 255 g/mol. The summed E-state index contributed by atoms with van der Waals surface area (Å²) < 4.78 is 5.48. The van der Waals surface area contributed by atoms with Crippen molar-refractivity contribution in [2.75, 3.05) is 53.0 Å². The molecule has 0 spiro atoms. The maximum Gasteiger partial charge on any atom is 0.229 e. The molecule has 0 aromatic rings. The zero-order valence-electron chi connectivity index (χ0n) is 11.5. The van der Waals surface area contributed by atoms with Crippen LogP contribution in [0, 0.1) is 5.92 Å². The summed E-state index contributed by atoms with van der Waals surface area (Å²) in [5.41, 5.74) is 0. The minimum Gasteiger partial charge on any atom is -0.379 e. The molecule has 1 N–H and O–H groups in total. The van der Waals surface area contributed by atoms with Crippen molar-refractivity contribution in [3.05, 3.63) is 0 Å². The fraction of sp³-hybridized carbons (Fsp3) is 0.923. The highest BCUT2D eigenvalue weighted by Crippen LogP contribution is 2.17. The molecule has 0 saturated carbocycles. The third-order valence-corrected chi connectivity index (χ3v) is 3.87. The van der Waals surface area contributed by atoms with Crippen LogP contribution in [0.4, 0.5) is 0 Å². The van der Waals surface area contributed by atoms with Gasteiger partial charge in [-0.2, -0.15) is 0 Å². The second-order valence-corrected chi connectivity index (χ2v) is 5.33. The zero-order chi connectivity index (χ0) is 13.0. The first kappa shape index (κ1) is 13.8. The first-order chi connectivity index (χ1) is 8.72. The lowest BCUT2D eigenvalue weighted by molar-refractivity contribution is -0.137. The van der Waals surface area contributed by atoms with Crippen LogP contribution in [0.5, 0.6) is 0 Å². The molecule has 0 bridgehead atoms. The zero-order valence-corrected chi connectivity index (χ0v) is 11.5. The Kier molecular flexibility index (Phi) is 4.97. The van der Waals surface area contributed by atoms with Gasteiger partial charge in [-0.15, -0.1) is 0 Å². The Hall–Kier alpha value is -0.650. The first-order valence-electron chi connectivity index (χ1n) is 7.01. The molecule has 2 fully saturated rings. The topological polar surface area (TPSA) is 44.8 Å². The van der Waals surface area contributed by atoms with Crippen molar-refractivity contribution in [1.82, 2.24) is 15.1 Å². The quantitative estimate of drug-likeness (QED) is 0.754. The number of hydrogen-bond acceptors (Lipinski definition) is 4. The summed E-state index contributed by atoms with van der Waals surface area (Å²) in [6.07, 6.45) is 1.09. The van der Waals surface area contributed by atoms with E-state index in [2.05, 4.69) is 24.2 Å². The largest absolute Gasteiger partial charge is 0.379 e. The van der Waals surface area contributed by atoms with Gasteiger partial charge in [0.2, 0.25) is 5.91 Å². The van der Waals surface area contributed by atoms with Gasteiger partial charge >= 0.3 is 0 Å². The third kappa shape index (κ3) is 3.22.